The van der Waals surface area contributed by atoms with Crippen molar-refractivity contribution in [2.24, 2.45) is 5.16 Å². The molecule has 4 rings (SSSR count). The van der Waals surface area contributed by atoms with E-state index in [1.807, 2.05) is 11.0 Å². The molecule has 0 aliphatic carbocycles. The number of rotatable bonds is 7. The van der Waals surface area contributed by atoms with E-state index in [4.69, 9.17) is 9.57 Å². The van der Waals surface area contributed by atoms with Crippen molar-refractivity contribution in [1.82, 2.24) is 4.90 Å². The molecule has 0 saturated carbocycles. The first kappa shape index (κ1) is 23.1. The first-order valence-corrected chi connectivity index (χ1v) is 12.3. The normalized spacial score (nSPS) is 21.4. The number of nitrogens with zero attached hydrogens (tertiary/aromatic N) is 2. The first-order chi connectivity index (χ1) is 15.8. The van der Waals surface area contributed by atoms with Crippen molar-refractivity contribution >= 4 is 27.6 Å². The second-order valence-corrected chi connectivity index (χ2v) is 9.86. The van der Waals surface area contributed by atoms with Gasteiger partial charge in [0.15, 0.2) is 5.84 Å². The van der Waals surface area contributed by atoms with E-state index in [0.29, 0.717) is 29.4 Å². The molecule has 10 heteroatoms. The van der Waals surface area contributed by atoms with Crippen LogP contribution < -0.4 is 9.46 Å². The molecule has 0 spiro atoms. The fourth-order valence-electron chi connectivity index (χ4n) is 4.03. The highest BCUT2D eigenvalue weighted by Gasteiger charge is 2.49. The summed E-state index contributed by atoms with van der Waals surface area (Å²) in [5.41, 5.74) is 1.48. The van der Waals surface area contributed by atoms with E-state index >= 15 is 0 Å². The molecule has 1 fully saturated rings. The molecular weight excluding hydrogens is 449 g/mol. The van der Waals surface area contributed by atoms with Gasteiger partial charge in [-0.05, 0) is 73.4 Å². The number of nitrogens with one attached hydrogen (secondary N) is 1. The van der Waals surface area contributed by atoms with Gasteiger partial charge in [0.1, 0.15) is 18.2 Å². The largest absolute Gasteiger partial charge is 0.495 e. The molecule has 33 heavy (non-hydrogen) atoms. The lowest BCUT2D eigenvalue weighted by Gasteiger charge is -2.38. The van der Waals surface area contributed by atoms with Crippen LogP contribution in [-0.2, 0) is 20.6 Å². The lowest BCUT2D eigenvalue weighted by molar-refractivity contribution is -0.137. The Morgan fingerprint density at radius 2 is 2.06 bits per heavy atom. The van der Waals surface area contributed by atoms with Crippen molar-refractivity contribution in [1.29, 1.82) is 0 Å². The van der Waals surface area contributed by atoms with Crippen LogP contribution in [0.1, 0.15) is 30.9 Å². The van der Waals surface area contributed by atoms with Gasteiger partial charge < -0.3 is 19.6 Å². The van der Waals surface area contributed by atoms with Crippen molar-refractivity contribution < 1.29 is 27.5 Å². The zero-order valence-electron chi connectivity index (χ0n) is 18.4. The van der Waals surface area contributed by atoms with Gasteiger partial charge in [-0.15, -0.1) is 0 Å². The number of benzene rings is 2. The Morgan fingerprint density at radius 3 is 2.73 bits per heavy atom. The third-order valence-electron chi connectivity index (χ3n) is 5.81. The van der Waals surface area contributed by atoms with Crippen LogP contribution in [0.3, 0.4) is 0 Å². The molecule has 1 unspecified atom stereocenters. The number of halogens is 1. The van der Waals surface area contributed by atoms with Crippen LogP contribution in [0.15, 0.2) is 53.2 Å². The van der Waals surface area contributed by atoms with Crippen molar-refractivity contribution in [3.8, 4) is 5.75 Å². The highest BCUT2D eigenvalue weighted by atomic mass is 32.2. The number of amidine groups is 1. The average molecular weight is 476 g/mol. The number of hydrogen-bond donors (Lipinski definition) is 2. The summed E-state index contributed by atoms with van der Waals surface area (Å²) in [4.78, 5) is 7.66. The Labute approximate surface area is 192 Å². The summed E-state index contributed by atoms with van der Waals surface area (Å²) in [6, 6.07) is 11.0. The van der Waals surface area contributed by atoms with Gasteiger partial charge in [-0.25, -0.2) is 12.8 Å². The average Bonchev–Trinajstić information content (AvgIpc) is 3.21. The van der Waals surface area contributed by atoms with E-state index in [1.54, 1.807) is 37.3 Å². The molecule has 2 aromatic carbocycles. The molecule has 2 aromatic rings. The lowest BCUT2D eigenvalue weighted by Crippen LogP contribution is -2.51. The minimum absolute atomic E-state index is 0.0434. The number of anilines is 1. The Morgan fingerprint density at radius 1 is 1.30 bits per heavy atom. The molecule has 176 valence electrons. The third kappa shape index (κ3) is 4.40. The van der Waals surface area contributed by atoms with E-state index < -0.39 is 15.7 Å². The van der Waals surface area contributed by atoms with Crippen LogP contribution in [0.25, 0.3) is 6.08 Å². The van der Waals surface area contributed by atoms with Gasteiger partial charge in [0.2, 0.25) is 10.0 Å². The number of oxime groups is 1. The number of piperidine rings is 1. The Balaban J connectivity index is 1.64. The Hall–Kier alpha value is -3.11. The maximum absolute atomic E-state index is 13.4. The summed E-state index contributed by atoms with van der Waals surface area (Å²) in [7, 11) is -1.96. The first-order valence-electron chi connectivity index (χ1n) is 10.6. The molecule has 2 aliphatic heterocycles. The Kier molecular flexibility index (Phi) is 6.31. The number of ether oxygens (including phenoxy) is 1. The summed E-state index contributed by atoms with van der Waals surface area (Å²) in [6.07, 6.45) is 3.49. The smallest absolute Gasteiger partial charge is 0.260 e. The second-order valence-electron chi connectivity index (χ2n) is 7.85. The summed E-state index contributed by atoms with van der Waals surface area (Å²) in [5, 5.41) is 14.5. The minimum atomic E-state index is -3.44. The van der Waals surface area contributed by atoms with E-state index in [1.165, 1.54) is 19.2 Å². The predicted molar refractivity (Wildman–Crippen MR) is 124 cm³/mol. The van der Waals surface area contributed by atoms with Crippen molar-refractivity contribution in [3.63, 3.8) is 0 Å². The van der Waals surface area contributed by atoms with Crippen LogP contribution >= 0.6 is 0 Å². The van der Waals surface area contributed by atoms with Crippen molar-refractivity contribution in [3.05, 3.63) is 65.0 Å². The van der Waals surface area contributed by atoms with Gasteiger partial charge in [-0.1, -0.05) is 11.2 Å². The monoisotopic (exact) mass is 475 g/mol. The fourth-order valence-corrected chi connectivity index (χ4v) is 4.68. The molecule has 8 nitrogen and oxygen atoms in total. The van der Waals surface area contributed by atoms with E-state index in [-0.39, 0.29) is 18.2 Å². The highest BCUT2D eigenvalue weighted by Crippen LogP contribution is 2.40. The zero-order chi connectivity index (χ0) is 23.6. The summed E-state index contributed by atoms with van der Waals surface area (Å²) >= 11 is 0. The highest BCUT2D eigenvalue weighted by molar-refractivity contribution is 7.92. The fraction of sp³-hybridized carbons (Fsp3) is 0.348. The lowest BCUT2D eigenvalue weighted by atomic mass is 9.95. The molecule has 0 bridgehead atoms. The maximum atomic E-state index is 13.4. The number of aliphatic hydroxyl groups is 1. The van der Waals surface area contributed by atoms with Gasteiger partial charge in [0, 0.05) is 12.1 Å². The number of fused-ring (bicyclic) bond motifs is 1. The van der Waals surface area contributed by atoms with Crippen LogP contribution in [0.4, 0.5) is 10.1 Å². The van der Waals surface area contributed by atoms with Crippen LogP contribution in [0.5, 0.6) is 5.75 Å². The molecule has 0 radical (unpaired) electrons. The predicted octanol–water partition coefficient (Wildman–Crippen LogP) is 3.26. The summed E-state index contributed by atoms with van der Waals surface area (Å²) in [5.74, 6) is 0.589. The topological polar surface area (TPSA) is 100 Å². The van der Waals surface area contributed by atoms with Crippen LogP contribution in [0, 0.1) is 5.82 Å². The molecule has 0 amide bonds. The number of aliphatic hydroxyl groups excluding tert-OH is 1. The van der Waals surface area contributed by atoms with Gasteiger partial charge in [0.05, 0.1) is 18.6 Å². The van der Waals surface area contributed by atoms with Crippen LogP contribution in [0.2, 0.25) is 0 Å². The van der Waals surface area contributed by atoms with Crippen LogP contribution in [-0.4, -0.2) is 50.3 Å². The molecule has 2 N–H and O–H groups in total. The van der Waals surface area contributed by atoms with Gasteiger partial charge in [-0.2, -0.15) is 0 Å². The van der Waals surface area contributed by atoms with E-state index in [2.05, 4.69) is 9.88 Å². The van der Waals surface area contributed by atoms with Crippen molar-refractivity contribution in [2.45, 2.75) is 25.5 Å². The number of methoxy groups -OCH3 is 1. The van der Waals surface area contributed by atoms with E-state index in [9.17, 15) is 17.9 Å². The standard InChI is InChI=1S/C23H26FN3O5S/c1-3-33(29,30)26-20-11-6-16(14-21(20)31-2)13-17-5-4-12-27-22(17)25-32-23(27,15-28)18-7-9-19(24)10-8-18/h6-11,13-14,26,28H,3-5,12,15H2,1-2H3. The third-order valence-corrected chi connectivity index (χ3v) is 7.10. The van der Waals surface area contributed by atoms with Gasteiger partial charge >= 0.3 is 0 Å². The summed E-state index contributed by atoms with van der Waals surface area (Å²) < 4.78 is 45.2. The molecule has 0 aromatic heterocycles. The SMILES string of the molecule is CCS(=O)(=O)Nc1ccc(C=C2CCCN3C2=NOC3(CO)c2ccc(F)cc2)cc1OC. The summed E-state index contributed by atoms with van der Waals surface area (Å²) in [6.45, 7) is 1.83. The molecule has 2 aliphatic rings. The number of sulfonamides is 1. The van der Waals surface area contributed by atoms with Crippen molar-refractivity contribution in [2.75, 3.05) is 30.7 Å². The molecular formula is C23H26FN3O5S. The minimum Gasteiger partial charge on any atom is -0.495 e. The number of hydrogen-bond acceptors (Lipinski definition) is 7. The van der Waals surface area contributed by atoms with Gasteiger partial charge in [0.25, 0.3) is 5.72 Å². The zero-order valence-corrected chi connectivity index (χ0v) is 19.2. The molecule has 1 atom stereocenters. The maximum Gasteiger partial charge on any atom is 0.260 e. The van der Waals surface area contributed by atoms with Gasteiger partial charge in [-0.3, -0.25) is 4.72 Å². The second kappa shape index (κ2) is 9.03. The molecule has 1 saturated heterocycles. The molecule has 2 heterocycles. The quantitative estimate of drug-likeness (QED) is 0.638. The Bertz CT molecular complexity index is 1200. The van der Waals surface area contributed by atoms with E-state index in [0.717, 1.165) is 24.0 Å².